The quantitative estimate of drug-likeness (QED) is 0.590. The topological polar surface area (TPSA) is 64.8 Å². The Kier molecular flexibility index (Phi) is 1.90. The van der Waals surface area contributed by atoms with Crippen molar-refractivity contribution in [1.29, 1.82) is 0 Å². The van der Waals surface area contributed by atoms with E-state index < -0.39 is 6.09 Å². The summed E-state index contributed by atoms with van der Waals surface area (Å²) in [7, 11) is 0. The summed E-state index contributed by atoms with van der Waals surface area (Å²) in [5, 5.41) is 0. The average molecular weight is 172 g/mol. The Balaban J connectivity index is 1.66. The van der Waals surface area contributed by atoms with E-state index in [0.717, 1.165) is 26.3 Å². The molecule has 0 spiro atoms. The van der Waals surface area contributed by atoms with Gasteiger partial charge in [0.2, 0.25) is 0 Å². The van der Waals surface area contributed by atoms with Gasteiger partial charge < -0.3 is 15.2 Å². The number of nitrogens with zero attached hydrogens (tertiary/aromatic N) is 1. The zero-order valence-corrected chi connectivity index (χ0v) is 6.73. The minimum Gasteiger partial charge on any atom is -0.444 e. The lowest BCUT2D eigenvalue weighted by molar-refractivity contribution is -0.121. The van der Waals surface area contributed by atoms with E-state index in [9.17, 15) is 4.79 Å². The van der Waals surface area contributed by atoms with Crippen LogP contribution in [0, 0.1) is 0 Å². The monoisotopic (exact) mass is 172 g/mol. The number of amides is 1. The van der Waals surface area contributed by atoms with E-state index in [4.69, 9.17) is 15.2 Å². The fourth-order valence-electron chi connectivity index (χ4n) is 1.44. The van der Waals surface area contributed by atoms with Gasteiger partial charge in [-0.25, -0.2) is 4.79 Å². The first-order valence-electron chi connectivity index (χ1n) is 4.03. The molecule has 2 N–H and O–H groups in total. The van der Waals surface area contributed by atoms with Crippen LogP contribution in [0.1, 0.15) is 0 Å². The van der Waals surface area contributed by atoms with Crippen LogP contribution >= 0.6 is 0 Å². The van der Waals surface area contributed by atoms with Crippen LogP contribution in [0.25, 0.3) is 0 Å². The highest BCUT2D eigenvalue weighted by molar-refractivity contribution is 5.64. The smallest absolute Gasteiger partial charge is 0.404 e. The van der Waals surface area contributed by atoms with Gasteiger partial charge in [-0.05, 0) is 0 Å². The number of rotatable bonds is 2. The molecule has 0 atom stereocenters. The molecule has 2 fully saturated rings. The second kappa shape index (κ2) is 2.91. The number of primary amides is 1. The standard InChI is InChI=1S/C7H12N2O3/c8-7(10)12-6-1-9(2-6)5-3-11-4-5/h5-6H,1-4H2,(H2,8,10). The van der Waals surface area contributed by atoms with E-state index in [1.807, 2.05) is 0 Å². The van der Waals surface area contributed by atoms with E-state index in [-0.39, 0.29) is 6.10 Å². The summed E-state index contributed by atoms with van der Waals surface area (Å²) in [6, 6.07) is 0.540. The molecule has 2 aliphatic heterocycles. The van der Waals surface area contributed by atoms with E-state index in [0.29, 0.717) is 6.04 Å². The number of carbonyl (C=O) groups excluding carboxylic acids is 1. The summed E-state index contributed by atoms with van der Waals surface area (Å²) in [6.45, 7) is 3.22. The van der Waals surface area contributed by atoms with Crippen LogP contribution in [-0.2, 0) is 9.47 Å². The lowest BCUT2D eigenvalue weighted by atomic mass is 10.1. The van der Waals surface area contributed by atoms with Crippen molar-refractivity contribution in [3.63, 3.8) is 0 Å². The highest BCUT2D eigenvalue weighted by Crippen LogP contribution is 2.19. The van der Waals surface area contributed by atoms with Crippen LogP contribution in [0.2, 0.25) is 0 Å². The van der Waals surface area contributed by atoms with E-state index in [1.54, 1.807) is 0 Å². The third kappa shape index (κ3) is 1.37. The Morgan fingerprint density at radius 3 is 2.58 bits per heavy atom. The van der Waals surface area contributed by atoms with Crippen molar-refractivity contribution in [2.75, 3.05) is 26.3 Å². The number of ether oxygens (including phenoxy) is 2. The molecule has 0 bridgehead atoms. The minimum atomic E-state index is -0.676. The van der Waals surface area contributed by atoms with Gasteiger partial charge in [-0.2, -0.15) is 0 Å². The van der Waals surface area contributed by atoms with Gasteiger partial charge >= 0.3 is 6.09 Å². The van der Waals surface area contributed by atoms with Crippen LogP contribution in [0.4, 0.5) is 4.79 Å². The molecule has 68 valence electrons. The second-order valence-corrected chi connectivity index (χ2v) is 3.20. The fourth-order valence-corrected chi connectivity index (χ4v) is 1.44. The summed E-state index contributed by atoms with van der Waals surface area (Å²) in [5.41, 5.74) is 4.87. The van der Waals surface area contributed by atoms with E-state index in [1.165, 1.54) is 0 Å². The SMILES string of the molecule is NC(=O)OC1CN(C2COC2)C1. The van der Waals surface area contributed by atoms with Crippen molar-refractivity contribution < 1.29 is 14.3 Å². The van der Waals surface area contributed by atoms with E-state index in [2.05, 4.69) is 4.90 Å². The molecule has 5 nitrogen and oxygen atoms in total. The van der Waals surface area contributed by atoms with Crippen LogP contribution in [-0.4, -0.2) is 49.4 Å². The van der Waals surface area contributed by atoms with Gasteiger partial charge in [0.25, 0.3) is 0 Å². The largest absolute Gasteiger partial charge is 0.444 e. The summed E-state index contributed by atoms with van der Waals surface area (Å²) >= 11 is 0. The number of nitrogens with two attached hydrogens (primary N) is 1. The molecule has 2 heterocycles. The Morgan fingerprint density at radius 2 is 2.17 bits per heavy atom. The Hall–Kier alpha value is -0.810. The molecular formula is C7H12N2O3. The summed E-state index contributed by atoms with van der Waals surface area (Å²) in [5.74, 6) is 0. The second-order valence-electron chi connectivity index (χ2n) is 3.20. The average Bonchev–Trinajstić information content (AvgIpc) is 1.77. The van der Waals surface area contributed by atoms with Crippen molar-refractivity contribution in [2.45, 2.75) is 12.1 Å². The lowest BCUT2D eigenvalue weighted by Crippen LogP contribution is -2.62. The van der Waals surface area contributed by atoms with Crippen molar-refractivity contribution in [1.82, 2.24) is 4.90 Å². The molecular weight excluding hydrogens is 160 g/mol. The molecule has 1 amide bonds. The number of likely N-dealkylation sites (tertiary alicyclic amines) is 1. The molecule has 2 saturated heterocycles. The maximum Gasteiger partial charge on any atom is 0.404 e. The predicted octanol–water partition coefficient (Wildman–Crippen LogP) is -0.835. The predicted molar refractivity (Wildman–Crippen MR) is 40.6 cm³/mol. The molecule has 0 aliphatic carbocycles. The zero-order valence-electron chi connectivity index (χ0n) is 6.73. The van der Waals surface area contributed by atoms with Crippen LogP contribution < -0.4 is 5.73 Å². The lowest BCUT2D eigenvalue weighted by Gasteiger charge is -2.46. The number of hydrogen-bond acceptors (Lipinski definition) is 4. The van der Waals surface area contributed by atoms with Crippen molar-refractivity contribution in [3.8, 4) is 0 Å². The maximum absolute atomic E-state index is 10.3. The first-order valence-corrected chi connectivity index (χ1v) is 4.03. The number of carbonyl (C=O) groups is 1. The third-order valence-corrected chi connectivity index (χ3v) is 2.30. The molecule has 12 heavy (non-hydrogen) atoms. The van der Waals surface area contributed by atoms with Gasteiger partial charge in [-0.1, -0.05) is 0 Å². The fraction of sp³-hybridized carbons (Fsp3) is 0.857. The van der Waals surface area contributed by atoms with Gasteiger partial charge in [0.05, 0.1) is 19.3 Å². The summed E-state index contributed by atoms with van der Waals surface area (Å²) in [4.78, 5) is 12.6. The molecule has 2 rings (SSSR count). The van der Waals surface area contributed by atoms with Gasteiger partial charge in [-0.15, -0.1) is 0 Å². The Bertz CT molecular complexity index is 187. The third-order valence-electron chi connectivity index (χ3n) is 2.30. The highest BCUT2D eigenvalue weighted by Gasteiger charge is 2.37. The van der Waals surface area contributed by atoms with Gasteiger partial charge in [0.1, 0.15) is 6.10 Å². The van der Waals surface area contributed by atoms with Crippen LogP contribution in [0.3, 0.4) is 0 Å². The molecule has 0 saturated carbocycles. The van der Waals surface area contributed by atoms with Crippen molar-refractivity contribution in [2.24, 2.45) is 5.73 Å². The molecule has 0 aromatic carbocycles. The molecule has 0 aromatic heterocycles. The van der Waals surface area contributed by atoms with Gasteiger partial charge in [0.15, 0.2) is 0 Å². The first-order chi connectivity index (χ1) is 5.75. The molecule has 2 aliphatic rings. The summed E-state index contributed by atoms with van der Waals surface area (Å²) in [6.07, 6.45) is -0.674. The van der Waals surface area contributed by atoms with Crippen LogP contribution in [0.5, 0.6) is 0 Å². The highest BCUT2D eigenvalue weighted by atomic mass is 16.6. The van der Waals surface area contributed by atoms with Gasteiger partial charge in [0, 0.05) is 13.1 Å². The van der Waals surface area contributed by atoms with Crippen molar-refractivity contribution in [3.05, 3.63) is 0 Å². The first kappa shape index (κ1) is 7.82. The Labute approximate surface area is 70.4 Å². The van der Waals surface area contributed by atoms with Crippen molar-refractivity contribution >= 4 is 6.09 Å². The normalized spacial score (nSPS) is 26.0. The van der Waals surface area contributed by atoms with Gasteiger partial charge in [-0.3, -0.25) is 4.90 Å². The van der Waals surface area contributed by atoms with Crippen LogP contribution in [0.15, 0.2) is 0 Å². The Morgan fingerprint density at radius 1 is 1.50 bits per heavy atom. The zero-order chi connectivity index (χ0) is 8.55. The molecule has 0 unspecified atom stereocenters. The minimum absolute atomic E-state index is 0.00287. The molecule has 5 heteroatoms. The summed E-state index contributed by atoms with van der Waals surface area (Å²) < 4.78 is 9.83. The molecule has 0 aromatic rings. The molecule has 0 radical (unpaired) electrons. The number of hydrogen-bond donors (Lipinski definition) is 1. The maximum atomic E-state index is 10.3. The van der Waals surface area contributed by atoms with E-state index >= 15 is 0 Å².